The third-order valence-electron chi connectivity index (χ3n) is 11.5. The summed E-state index contributed by atoms with van der Waals surface area (Å²) in [6.45, 7) is 0. The van der Waals surface area contributed by atoms with Crippen molar-refractivity contribution in [1.29, 1.82) is 0 Å². The van der Waals surface area contributed by atoms with Gasteiger partial charge in [0.2, 0.25) is 0 Å². The molecule has 0 radical (unpaired) electrons. The van der Waals surface area contributed by atoms with E-state index in [-0.39, 0.29) is 5.92 Å². The standard InChI is InChI=1S/C53H36N2/c1-2-16-44(17-3-1)55-50-21-11-10-20-49(50)54-53(55)38-26-22-37(23-27-38)41-30-31-47-48(34-41)52(43-29-25-36-13-5-7-15-40(36)33-43)46-19-9-8-18-45(46)51(47)42-28-24-35-12-4-6-14-39(35)32-42/h1-18,20-34,46H,19H2. The van der Waals surface area contributed by atoms with Gasteiger partial charge in [0.05, 0.1) is 11.0 Å². The molecular weight excluding hydrogens is 665 g/mol. The van der Waals surface area contributed by atoms with Crippen LogP contribution in [0.4, 0.5) is 0 Å². The van der Waals surface area contributed by atoms with Gasteiger partial charge in [0.1, 0.15) is 5.82 Å². The van der Waals surface area contributed by atoms with E-state index in [4.69, 9.17) is 4.98 Å². The van der Waals surface area contributed by atoms with E-state index >= 15 is 0 Å². The molecule has 1 heterocycles. The fourth-order valence-electron chi connectivity index (χ4n) is 8.92. The minimum absolute atomic E-state index is 0.240. The molecule has 0 spiro atoms. The Labute approximate surface area is 320 Å². The Balaban J connectivity index is 1.13. The fourth-order valence-corrected chi connectivity index (χ4v) is 8.92. The molecule has 2 aliphatic rings. The Kier molecular flexibility index (Phi) is 7.34. The number of hydrogen-bond acceptors (Lipinski definition) is 1. The summed E-state index contributed by atoms with van der Waals surface area (Å²) in [5.41, 5.74) is 13.3. The average molecular weight is 701 g/mol. The SMILES string of the molecule is C1=CCC2C(=C1)C(c1ccc3ccccc3c1)=c1ccc(-c3ccc(-c4nc5ccccc5n4-c4ccccc4)cc3)cc1=C2c1ccc2ccccc2c1. The van der Waals surface area contributed by atoms with Crippen LogP contribution in [0.3, 0.4) is 0 Å². The predicted molar refractivity (Wildman–Crippen MR) is 229 cm³/mol. The van der Waals surface area contributed by atoms with Crippen molar-refractivity contribution < 1.29 is 0 Å². The van der Waals surface area contributed by atoms with E-state index in [2.05, 4.69) is 205 Å². The van der Waals surface area contributed by atoms with Crippen molar-refractivity contribution >= 4 is 43.7 Å². The second-order valence-corrected chi connectivity index (χ2v) is 14.7. The number of fused-ring (bicyclic) bond motifs is 5. The van der Waals surface area contributed by atoms with Crippen molar-refractivity contribution in [2.24, 2.45) is 5.92 Å². The van der Waals surface area contributed by atoms with Crippen LogP contribution in [0.5, 0.6) is 0 Å². The van der Waals surface area contributed by atoms with Gasteiger partial charge in [-0.2, -0.15) is 0 Å². The first-order valence-corrected chi connectivity index (χ1v) is 19.1. The first kappa shape index (κ1) is 31.5. The zero-order valence-corrected chi connectivity index (χ0v) is 30.2. The third-order valence-corrected chi connectivity index (χ3v) is 11.5. The minimum Gasteiger partial charge on any atom is -0.292 e. The Morgan fingerprint density at radius 3 is 1.87 bits per heavy atom. The Bertz CT molecular complexity index is 3160. The van der Waals surface area contributed by atoms with Gasteiger partial charge < -0.3 is 0 Å². The van der Waals surface area contributed by atoms with E-state index in [0.717, 1.165) is 34.5 Å². The van der Waals surface area contributed by atoms with E-state index in [0.29, 0.717) is 0 Å². The molecule has 0 bridgehead atoms. The van der Waals surface area contributed by atoms with Crippen LogP contribution in [0.2, 0.25) is 0 Å². The monoisotopic (exact) mass is 700 g/mol. The average Bonchev–Trinajstić information content (AvgIpc) is 3.65. The molecule has 11 rings (SSSR count). The van der Waals surface area contributed by atoms with Crippen molar-refractivity contribution in [1.82, 2.24) is 9.55 Å². The lowest BCUT2D eigenvalue weighted by Crippen LogP contribution is -2.38. The number of allylic oxidation sites excluding steroid dienone is 4. The van der Waals surface area contributed by atoms with Gasteiger partial charge >= 0.3 is 0 Å². The topological polar surface area (TPSA) is 17.8 Å². The van der Waals surface area contributed by atoms with Crippen LogP contribution in [0, 0.1) is 5.92 Å². The van der Waals surface area contributed by atoms with Crippen molar-refractivity contribution in [3.05, 3.63) is 227 Å². The van der Waals surface area contributed by atoms with Gasteiger partial charge in [-0.3, -0.25) is 4.57 Å². The summed E-state index contributed by atoms with van der Waals surface area (Å²) in [4.78, 5) is 5.12. The Hall–Kier alpha value is -7.03. The van der Waals surface area contributed by atoms with Crippen molar-refractivity contribution in [2.75, 3.05) is 0 Å². The first-order chi connectivity index (χ1) is 27.3. The van der Waals surface area contributed by atoms with E-state index in [1.54, 1.807) is 0 Å². The second-order valence-electron chi connectivity index (χ2n) is 14.7. The molecule has 1 atom stereocenters. The summed E-state index contributed by atoms with van der Waals surface area (Å²) >= 11 is 0. The van der Waals surface area contributed by atoms with Crippen LogP contribution in [0.25, 0.3) is 71.9 Å². The first-order valence-electron chi connectivity index (χ1n) is 19.1. The maximum absolute atomic E-state index is 5.12. The van der Waals surface area contributed by atoms with Crippen LogP contribution in [0.15, 0.2) is 206 Å². The number of aromatic nitrogens is 2. The number of benzene rings is 8. The molecular formula is C53H36N2. The van der Waals surface area contributed by atoms with Gasteiger partial charge in [-0.25, -0.2) is 4.98 Å². The molecule has 8 aromatic carbocycles. The molecule has 2 heteroatoms. The van der Waals surface area contributed by atoms with Crippen molar-refractivity contribution in [3.63, 3.8) is 0 Å². The number of imidazole rings is 1. The normalized spacial score (nSPS) is 15.0. The van der Waals surface area contributed by atoms with Crippen molar-refractivity contribution in [3.8, 4) is 28.2 Å². The number of para-hydroxylation sites is 3. The molecule has 9 aromatic rings. The quantitative estimate of drug-likeness (QED) is 0.175. The van der Waals surface area contributed by atoms with Gasteiger partial charge in [0.15, 0.2) is 0 Å². The molecule has 0 aliphatic heterocycles. The summed E-state index contributed by atoms with van der Waals surface area (Å²) in [5, 5.41) is 7.65. The predicted octanol–water partition coefficient (Wildman–Crippen LogP) is 11.6. The third kappa shape index (κ3) is 5.29. The lowest BCUT2D eigenvalue weighted by molar-refractivity contribution is 0.798. The molecule has 0 amide bonds. The highest BCUT2D eigenvalue weighted by molar-refractivity contribution is 5.95. The molecule has 1 aromatic heterocycles. The molecule has 1 unspecified atom stereocenters. The molecule has 55 heavy (non-hydrogen) atoms. The van der Waals surface area contributed by atoms with Gasteiger partial charge in [-0.15, -0.1) is 0 Å². The van der Waals surface area contributed by atoms with E-state index in [9.17, 15) is 0 Å². The second kappa shape index (κ2) is 12.8. The zero-order valence-electron chi connectivity index (χ0n) is 30.2. The summed E-state index contributed by atoms with van der Waals surface area (Å²) < 4.78 is 2.27. The number of nitrogens with zero attached hydrogens (tertiary/aromatic N) is 2. The highest BCUT2D eigenvalue weighted by Gasteiger charge is 2.30. The summed E-state index contributed by atoms with van der Waals surface area (Å²) in [5.74, 6) is 1.18. The van der Waals surface area contributed by atoms with Crippen LogP contribution in [0.1, 0.15) is 17.5 Å². The lowest BCUT2D eigenvalue weighted by atomic mass is 9.72. The van der Waals surface area contributed by atoms with E-state index in [1.165, 1.54) is 71.0 Å². The zero-order chi connectivity index (χ0) is 36.3. The summed E-state index contributed by atoms with van der Waals surface area (Å²) in [6.07, 6.45) is 7.91. The number of rotatable bonds is 5. The highest BCUT2D eigenvalue weighted by Crippen LogP contribution is 2.42. The Morgan fingerprint density at radius 1 is 0.473 bits per heavy atom. The van der Waals surface area contributed by atoms with Gasteiger partial charge in [0, 0.05) is 17.2 Å². The van der Waals surface area contributed by atoms with E-state index in [1.807, 2.05) is 0 Å². The molecule has 0 saturated carbocycles. The minimum atomic E-state index is 0.240. The van der Waals surface area contributed by atoms with Crippen molar-refractivity contribution in [2.45, 2.75) is 6.42 Å². The molecule has 2 nitrogen and oxygen atoms in total. The van der Waals surface area contributed by atoms with E-state index < -0.39 is 0 Å². The van der Waals surface area contributed by atoms with Gasteiger partial charge in [-0.1, -0.05) is 158 Å². The van der Waals surface area contributed by atoms with Gasteiger partial charge in [-0.05, 0) is 120 Å². The lowest BCUT2D eigenvalue weighted by Gasteiger charge is -2.31. The van der Waals surface area contributed by atoms with Crippen LogP contribution in [-0.2, 0) is 0 Å². The Morgan fingerprint density at radius 2 is 1.09 bits per heavy atom. The highest BCUT2D eigenvalue weighted by atomic mass is 15.1. The summed E-state index contributed by atoms with van der Waals surface area (Å²) in [7, 11) is 0. The van der Waals surface area contributed by atoms with Crippen LogP contribution < -0.4 is 10.4 Å². The molecule has 0 saturated heterocycles. The van der Waals surface area contributed by atoms with Gasteiger partial charge in [0.25, 0.3) is 0 Å². The van der Waals surface area contributed by atoms with Crippen LogP contribution >= 0.6 is 0 Å². The molecule has 0 fully saturated rings. The number of hydrogen-bond donors (Lipinski definition) is 0. The maximum Gasteiger partial charge on any atom is 0.145 e. The van der Waals surface area contributed by atoms with Crippen LogP contribution in [-0.4, -0.2) is 9.55 Å². The molecule has 0 N–H and O–H groups in total. The fraction of sp³-hybridized carbons (Fsp3) is 0.0377. The maximum atomic E-state index is 5.12. The molecule has 2 aliphatic carbocycles. The largest absolute Gasteiger partial charge is 0.292 e. The summed E-state index contributed by atoms with van der Waals surface area (Å²) in [6, 6.07) is 66.4. The molecule has 258 valence electrons. The smallest absolute Gasteiger partial charge is 0.145 e.